The summed E-state index contributed by atoms with van der Waals surface area (Å²) in [6.45, 7) is 5.73. The zero-order chi connectivity index (χ0) is 15.8. The minimum atomic E-state index is -0.0330. The molecule has 0 spiro atoms. The molecule has 1 aromatic rings. The van der Waals surface area contributed by atoms with Gasteiger partial charge in [0.25, 0.3) is 0 Å². The molecule has 0 atom stereocenters. The third-order valence-electron chi connectivity index (χ3n) is 3.06. The molecule has 1 amide bonds. The Morgan fingerprint density at radius 1 is 1.43 bits per heavy atom. The fraction of sp³-hybridized carbons (Fsp3) is 0.500. The molecule has 0 aliphatic carbocycles. The summed E-state index contributed by atoms with van der Waals surface area (Å²) in [6, 6.07) is 7.91. The fourth-order valence-corrected chi connectivity index (χ4v) is 1.99. The zero-order valence-corrected chi connectivity index (χ0v) is 13.2. The van der Waals surface area contributed by atoms with E-state index >= 15 is 0 Å². The predicted octanol–water partition coefficient (Wildman–Crippen LogP) is 1.49. The molecule has 0 heterocycles. The molecule has 0 aliphatic heterocycles. The van der Waals surface area contributed by atoms with Gasteiger partial charge in [-0.2, -0.15) is 5.26 Å². The first kappa shape index (κ1) is 17.0. The van der Waals surface area contributed by atoms with Crippen molar-refractivity contribution in [1.29, 1.82) is 5.26 Å². The number of hydrogen-bond donors (Lipinski definition) is 2. The second kappa shape index (κ2) is 8.28. The average molecular weight is 288 g/mol. The molecule has 1 aromatic carbocycles. The van der Waals surface area contributed by atoms with Crippen LogP contribution in [0.2, 0.25) is 0 Å². The van der Waals surface area contributed by atoms with Crippen LogP contribution in [0.1, 0.15) is 25.0 Å². The summed E-state index contributed by atoms with van der Waals surface area (Å²) in [5, 5.41) is 15.2. The van der Waals surface area contributed by atoms with E-state index in [2.05, 4.69) is 30.6 Å². The van der Waals surface area contributed by atoms with Crippen molar-refractivity contribution in [3.05, 3.63) is 29.3 Å². The van der Waals surface area contributed by atoms with Crippen molar-refractivity contribution in [2.75, 3.05) is 32.1 Å². The molecular weight excluding hydrogens is 264 g/mol. The van der Waals surface area contributed by atoms with Crippen molar-refractivity contribution in [1.82, 2.24) is 10.6 Å². The quantitative estimate of drug-likeness (QED) is 0.797. The summed E-state index contributed by atoms with van der Waals surface area (Å²) < 4.78 is 0. The molecule has 5 nitrogen and oxygen atoms in total. The Balaban J connectivity index is 2.75. The number of benzene rings is 1. The number of rotatable bonds is 7. The van der Waals surface area contributed by atoms with E-state index in [0.717, 1.165) is 11.3 Å². The van der Waals surface area contributed by atoms with Crippen molar-refractivity contribution < 1.29 is 4.79 Å². The van der Waals surface area contributed by atoms with Gasteiger partial charge >= 0.3 is 0 Å². The number of carbonyl (C=O) groups excluding carboxylic acids is 1. The van der Waals surface area contributed by atoms with Crippen molar-refractivity contribution in [3.63, 3.8) is 0 Å². The van der Waals surface area contributed by atoms with Gasteiger partial charge in [0.1, 0.15) is 6.07 Å². The molecule has 0 saturated carbocycles. The van der Waals surface area contributed by atoms with Crippen molar-refractivity contribution in [3.8, 4) is 6.07 Å². The molecule has 0 radical (unpaired) electrons. The highest BCUT2D eigenvalue weighted by molar-refractivity contribution is 5.81. The molecular formula is C16H24N4O. The van der Waals surface area contributed by atoms with E-state index in [1.807, 2.05) is 32.3 Å². The van der Waals surface area contributed by atoms with E-state index in [1.165, 1.54) is 0 Å². The Morgan fingerprint density at radius 3 is 2.71 bits per heavy atom. The van der Waals surface area contributed by atoms with Gasteiger partial charge in [0.2, 0.25) is 5.91 Å². The zero-order valence-electron chi connectivity index (χ0n) is 13.2. The molecule has 0 unspecified atom stereocenters. The van der Waals surface area contributed by atoms with Gasteiger partial charge < -0.3 is 15.5 Å². The van der Waals surface area contributed by atoms with Gasteiger partial charge in [0.05, 0.1) is 17.8 Å². The molecule has 114 valence electrons. The molecule has 0 saturated heterocycles. The van der Waals surface area contributed by atoms with E-state index in [-0.39, 0.29) is 12.5 Å². The van der Waals surface area contributed by atoms with Crippen LogP contribution in [-0.2, 0) is 11.3 Å². The second-order valence-corrected chi connectivity index (χ2v) is 5.55. The topological polar surface area (TPSA) is 68.2 Å². The van der Waals surface area contributed by atoms with Crippen molar-refractivity contribution in [2.24, 2.45) is 5.92 Å². The SMILES string of the molecule is CNCc1ccc(N(C)CC(=O)NCC(C)C)c(C#N)c1. The molecule has 1 rings (SSSR count). The third kappa shape index (κ3) is 5.44. The van der Waals surface area contributed by atoms with Crippen LogP contribution in [0.3, 0.4) is 0 Å². The second-order valence-electron chi connectivity index (χ2n) is 5.55. The van der Waals surface area contributed by atoms with Gasteiger partial charge in [-0.3, -0.25) is 4.79 Å². The van der Waals surface area contributed by atoms with Gasteiger partial charge in [-0.15, -0.1) is 0 Å². The Labute approximate surface area is 126 Å². The van der Waals surface area contributed by atoms with E-state index in [9.17, 15) is 10.1 Å². The van der Waals surface area contributed by atoms with E-state index < -0.39 is 0 Å². The Kier molecular flexibility index (Phi) is 6.70. The maximum absolute atomic E-state index is 11.9. The van der Waals surface area contributed by atoms with Crippen LogP contribution < -0.4 is 15.5 Å². The molecule has 0 fully saturated rings. The third-order valence-corrected chi connectivity index (χ3v) is 3.06. The first-order valence-electron chi connectivity index (χ1n) is 7.13. The molecule has 2 N–H and O–H groups in total. The molecule has 0 aliphatic rings. The molecule has 21 heavy (non-hydrogen) atoms. The fourth-order valence-electron chi connectivity index (χ4n) is 1.99. The largest absolute Gasteiger partial charge is 0.364 e. The summed E-state index contributed by atoms with van der Waals surface area (Å²) in [4.78, 5) is 13.7. The molecule has 0 bridgehead atoms. The Bertz CT molecular complexity index is 519. The summed E-state index contributed by atoms with van der Waals surface area (Å²) >= 11 is 0. The number of nitriles is 1. The number of nitrogens with one attached hydrogen (secondary N) is 2. The number of anilines is 1. The summed E-state index contributed by atoms with van der Waals surface area (Å²) in [5.74, 6) is 0.393. The van der Waals surface area contributed by atoms with Crippen molar-refractivity contribution >= 4 is 11.6 Å². The van der Waals surface area contributed by atoms with E-state index in [0.29, 0.717) is 24.6 Å². The lowest BCUT2D eigenvalue weighted by molar-refractivity contribution is -0.119. The monoisotopic (exact) mass is 288 g/mol. The maximum Gasteiger partial charge on any atom is 0.239 e. The van der Waals surface area contributed by atoms with Crippen LogP contribution in [0, 0.1) is 17.2 Å². The van der Waals surface area contributed by atoms with Crippen LogP contribution in [0.5, 0.6) is 0 Å². The lowest BCUT2D eigenvalue weighted by Gasteiger charge is -2.21. The molecule has 5 heteroatoms. The lowest BCUT2D eigenvalue weighted by Crippen LogP contribution is -2.37. The predicted molar refractivity (Wildman–Crippen MR) is 85.0 cm³/mol. The van der Waals surface area contributed by atoms with E-state index in [1.54, 1.807) is 4.90 Å². The Morgan fingerprint density at radius 2 is 2.14 bits per heavy atom. The maximum atomic E-state index is 11.9. The highest BCUT2D eigenvalue weighted by atomic mass is 16.2. The normalized spacial score (nSPS) is 10.3. The van der Waals surface area contributed by atoms with Gasteiger partial charge in [0.15, 0.2) is 0 Å². The first-order chi connectivity index (χ1) is 9.97. The van der Waals surface area contributed by atoms with Gasteiger partial charge in [-0.1, -0.05) is 19.9 Å². The van der Waals surface area contributed by atoms with Gasteiger partial charge in [0, 0.05) is 20.1 Å². The number of amides is 1. The Hall–Kier alpha value is -2.06. The van der Waals surface area contributed by atoms with Crippen LogP contribution in [-0.4, -0.2) is 33.1 Å². The smallest absolute Gasteiger partial charge is 0.239 e. The standard InChI is InChI=1S/C16H24N4O/c1-12(2)9-19-16(21)11-20(4)15-6-5-13(10-18-3)7-14(15)8-17/h5-7,12,18H,9-11H2,1-4H3,(H,19,21). The minimum Gasteiger partial charge on any atom is -0.364 e. The van der Waals surface area contributed by atoms with Crippen LogP contribution in [0.15, 0.2) is 18.2 Å². The van der Waals surface area contributed by atoms with Gasteiger partial charge in [-0.05, 0) is 30.7 Å². The van der Waals surface area contributed by atoms with Crippen LogP contribution in [0.25, 0.3) is 0 Å². The van der Waals surface area contributed by atoms with E-state index in [4.69, 9.17) is 0 Å². The average Bonchev–Trinajstić information content (AvgIpc) is 2.45. The molecule has 0 aromatic heterocycles. The summed E-state index contributed by atoms with van der Waals surface area (Å²) in [5.41, 5.74) is 2.41. The van der Waals surface area contributed by atoms with Crippen molar-refractivity contribution in [2.45, 2.75) is 20.4 Å². The van der Waals surface area contributed by atoms with Crippen LogP contribution >= 0.6 is 0 Å². The first-order valence-corrected chi connectivity index (χ1v) is 7.13. The van der Waals surface area contributed by atoms with Crippen LogP contribution in [0.4, 0.5) is 5.69 Å². The highest BCUT2D eigenvalue weighted by Crippen LogP contribution is 2.20. The van der Waals surface area contributed by atoms with Gasteiger partial charge in [-0.25, -0.2) is 0 Å². The number of likely N-dealkylation sites (N-methyl/N-ethyl adjacent to an activating group) is 1. The minimum absolute atomic E-state index is 0.0330. The number of carbonyl (C=O) groups is 1. The number of nitrogens with zero attached hydrogens (tertiary/aromatic N) is 2. The lowest BCUT2D eigenvalue weighted by atomic mass is 10.1. The summed E-state index contributed by atoms with van der Waals surface area (Å²) in [6.07, 6.45) is 0. The summed E-state index contributed by atoms with van der Waals surface area (Å²) in [7, 11) is 3.69. The highest BCUT2D eigenvalue weighted by Gasteiger charge is 2.12. The number of hydrogen-bond acceptors (Lipinski definition) is 4.